The Morgan fingerprint density at radius 2 is 1.85 bits per heavy atom. The normalized spacial score (nSPS) is 17.3. The molecule has 4 rings (SSSR count). The van der Waals surface area contributed by atoms with Gasteiger partial charge in [-0.1, -0.05) is 13.0 Å². The van der Waals surface area contributed by atoms with Crippen molar-refractivity contribution in [1.82, 2.24) is 14.8 Å². The third-order valence-electron chi connectivity index (χ3n) is 7.02. The number of likely N-dealkylation sites (N-methyl/N-ethyl adjacent to an activating group) is 1. The Labute approximate surface area is 239 Å². The second-order valence-electron chi connectivity index (χ2n) is 10.0. The van der Waals surface area contributed by atoms with Crippen LogP contribution in [0, 0.1) is 5.92 Å². The zero-order valence-corrected chi connectivity index (χ0v) is 23.5. The average Bonchev–Trinajstić information content (AvgIpc) is 2.99. The number of urea groups is 1. The Bertz CT molecular complexity index is 1370. The maximum absolute atomic E-state index is 13.7. The molecule has 0 fully saturated rings. The number of hydrogen-bond acceptors (Lipinski definition) is 7. The van der Waals surface area contributed by atoms with E-state index in [1.54, 1.807) is 80.6 Å². The lowest BCUT2D eigenvalue weighted by Gasteiger charge is -2.38. The van der Waals surface area contributed by atoms with E-state index < -0.39 is 12.1 Å². The summed E-state index contributed by atoms with van der Waals surface area (Å²) in [5.41, 5.74) is 1.57. The smallest absolute Gasteiger partial charge is 0.321 e. The molecule has 11 heteroatoms. The van der Waals surface area contributed by atoms with E-state index in [2.05, 4.69) is 15.6 Å². The van der Waals surface area contributed by atoms with E-state index in [4.69, 9.17) is 9.47 Å². The fourth-order valence-corrected chi connectivity index (χ4v) is 4.50. The van der Waals surface area contributed by atoms with Gasteiger partial charge in [-0.25, -0.2) is 4.79 Å². The van der Waals surface area contributed by atoms with E-state index in [0.29, 0.717) is 29.2 Å². The van der Waals surface area contributed by atoms with Crippen LogP contribution < -0.4 is 20.1 Å². The summed E-state index contributed by atoms with van der Waals surface area (Å²) >= 11 is 0. The molecule has 0 aliphatic carbocycles. The first-order chi connectivity index (χ1) is 19.7. The topological polar surface area (TPSA) is 133 Å². The number of hydrogen-bond donors (Lipinski definition) is 3. The molecular weight excluding hydrogens is 526 g/mol. The number of pyridine rings is 1. The van der Waals surface area contributed by atoms with Crippen LogP contribution in [-0.4, -0.2) is 83.7 Å². The minimum absolute atomic E-state index is 0.185. The van der Waals surface area contributed by atoms with Crippen LogP contribution in [0.15, 0.2) is 67.0 Å². The third-order valence-corrected chi connectivity index (χ3v) is 7.02. The number of methoxy groups -OCH3 is 1. The number of ether oxygens (including phenoxy) is 2. The molecule has 3 N–H and O–H groups in total. The van der Waals surface area contributed by atoms with Crippen molar-refractivity contribution in [1.29, 1.82) is 0 Å². The minimum Gasteiger partial charge on any atom is -0.497 e. The molecule has 3 atom stereocenters. The highest BCUT2D eigenvalue weighted by atomic mass is 16.5. The van der Waals surface area contributed by atoms with Gasteiger partial charge in [0.15, 0.2) is 5.75 Å². The van der Waals surface area contributed by atoms with Gasteiger partial charge < -0.3 is 35.0 Å². The van der Waals surface area contributed by atoms with Crippen molar-refractivity contribution in [3.63, 3.8) is 0 Å². The van der Waals surface area contributed by atoms with Crippen molar-refractivity contribution < 1.29 is 29.0 Å². The van der Waals surface area contributed by atoms with Crippen LogP contribution in [0.3, 0.4) is 0 Å². The molecule has 0 saturated heterocycles. The molecule has 0 spiro atoms. The van der Waals surface area contributed by atoms with Gasteiger partial charge in [0, 0.05) is 43.2 Å². The maximum atomic E-state index is 13.7. The predicted molar refractivity (Wildman–Crippen MR) is 154 cm³/mol. The first-order valence-electron chi connectivity index (χ1n) is 13.3. The lowest BCUT2D eigenvalue weighted by atomic mass is 9.99. The van der Waals surface area contributed by atoms with Gasteiger partial charge in [-0.05, 0) is 55.5 Å². The monoisotopic (exact) mass is 561 g/mol. The van der Waals surface area contributed by atoms with Crippen molar-refractivity contribution in [3.05, 3.63) is 78.1 Å². The number of amides is 4. The SMILES string of the molecule is COc1ccc(NC(=O)N(C)C[C@H]2Oc3c(NC(=O)c4ccncc4)cccc3C(=O)N([C@H](C)CO)C[C@H]2C)cc1. The highest BCUT2D eigenvalue weighted by molar-refractivity contribution is 6.07. The maximum Gasteiger partial charge on any atom is 0.321 e. The van der Waals surface area contributed by atoms with Crippen LogP contribution in [0.2, 0.25) is 0 Å². The molecule has 0 bridgehead atoms. The molecule has 1 aliphatic heterocycles. The van der Waals surface area contributed by atoms with Gasteiger partial charge in [0.2, 0.25) is 0 Å². The number of aromatic nitrogens is 1. The number of carbonyl (C=O) groups excluding carboxylic acids is 3. The lowest BCUT2D eigenvalue weighted by molar-refractivity contribution is 0.0372. The molecule has 0 saturated carbocycles. The van der Waals surface area contributed by atoms with Crippen LogP contribution in [0.5, 0.6) is 11.5 Å². The van der Waals surface area contributed by atoms with Gasteiger partial charge in [-0.3, -0.25) is 14.6 Å². The second kappa shape index (κ2) is 13.1. The standard InChI is InChI=1S/C30H35N5O6/c1-19-16-35(20(2)18-36)29(38)24-6-5-7-25(33-28(37)21-12-14-31-15-13-21)27(24)41-26(19)17-34(3)30(39)32-22-8-10-23(40-4)11-9-22/h5-15,19-20,26,36H,16-18H2,1-4H3,(H,32,39)(H,33,37)/t19-,20-,26-/m1/s1. The van der Waals surface area contributed by atoms with E-state index in [9.17, 15) is 19.5 Å². The minimum atomic E-state index is -0.555. The molecule has 216 valence electrons. The highest BCUT2D eigenvalue weighted by Crippen LogP contribution is 2.35. The van der Waals surface area contributed by atoms with Crippen LogP contribution in [0.1, 0.15) is 34.6 Å². The Hall–Kier alpha value is -4.64. The Kier molecular flexibility index (Phi) is 9.41. The molecule has 0 radical (unpaired) electrons. The van der Waals surface area contributed by atoms with Gasteiger partial charge in [-0.15, -0.1) is 0 Å². The number of rotatable bonds is 8. The molecule has 1 aromatic heterocycles. The molecule has 4 amide bonds. The number of anilines is 2. The quantitative estimate of drug-likeness (QED) is 0.382. The first-order valence-corrected chi connectivity index (χ1v) is 13.3. The highest BCUT2D eigenvalue weighted by Gasteiger charge is 2.35. The van der Waals surface area contributed by atoms with E-state index in [-0.39, 0.29) is 48.2 Å². The lowest BCUT2D eigenvalue weighted by Crippen LogP contribution is -2.50. The summed E-state index contributed by atoms with van der Waals surface area (Å²) in [6, 6.07) is 14.3. The number of benzene rings is 2. The van der Waals surface area contributed by atoms with Crippen molar-refractivity contribution in [2.24, 2.45) is 5.92 Å². The van der Waals surface area contributed by atoms with Gasteiger partial charge in [0.1, 0.15) is 11.9 Å². The Morgan fingerprint density at radius 1 is 1.15 bits per heavy atom. The van der Waals surface area contributed by atoms with Crippen LogP contribution in [0.25, 0.3) is 0 Å². The van der Waals surface area contributed by atoms with Crippen LogP contribution >= 0.6 is 0 Å². The summed E-state index contributed by atoms with van der Waals surface area (Å²) in [7, 11) is 3.23. The van der Waals surface area contributed by atoms with Gasteiger partial charge in [-0.2, -0.15) is 0 Å². The molecule has 2 aromatic carbocycles. The molecule has 41 heavy (non-hydrogen) atoms. The third kappa shape index (κ3) is 6.93. The number of carbonyl (C=O) groups is 3. The van der Waals surface area contributed by atoms with Crippen molar-refractivity contribution in [2.45, 2.75) is 26.0 Å². The average molecular weight is 562 g/mol. The van der Waals surface area contributed by atoms with Crippen molar-refractivity contribution in [3.8, 4) is 11.5 Å². The zero-order chi connectivity index (χ0) is 29.5. The summed E-state index contributed by atoms with van der Waals surface area (Å²) < 4.78 is 11.6. The number of nitrogens with one attached hydrogen (secondary N) is 2. The summed E-state index contributed by atoms with van der Waals surface area (Å²) in [6.45, 7) is 3.96. The molecule has 0 unspecified atom stereocenters. The van der Waals surface area contributed by atoms with Crippen LogP contribution in [0.4, 0.5) is 16.2 Å². The Morgan fingerprint density at radius 3 is 2.51 bits per heavy atom. The second-order valence-corrected chi connectivity index (χ2v) is 10.0. The molecule has 2 heterocycles. The van der Waals surface area contributed by atoms with Gasteiger partial charge in [0.25, 0.3) is 11.8 Å². The molecule has 11 nitrogen and oxygen atoms in total. The summed E-state index contributed by atoms with van der Waals surface area (Å²) in [5.74, 6) is -0.0656. The molecular formula is C30H35N5O6. The van der Waals surface area contributed by atoms with E-state index in [0.717, 1.165) is 0 Å². The molecule has 1 aliphatic rings. The van der Waals surface area contributed by atoms with E-state index in [1.165, 1.54) is 17.3 Å². The van der Waals surface area contributed by atoms with Gasteiger partial charge >= 0.3 is 6.03 Å². The number of fused-ring (bicyclic) bond motifs is 1. The first kappa shape index (κ1) is 29.3. The van der Waals surface area contributed by atoms with E-state index in [1.807, 2.05) is 6.92 Å². The number of nitrogens with zero attached hydrogens (tertiary/aromatic N) is 3. The largest absolute Gasteiger partial charge is 0.497 e. The fraction of sp³-hybridized carbons (Fsp3) is 0.333. The van der Waals surface area contributed by atoms with Gasteiger partial charge in [0.05, 0.1) is 37.6 Å². The van der Waals surface area contributed by atoms with Crippen molar-refractivity contribution in [2.75, 3.05) is 44.5 Å². The van der Waals surface area contributed by atoms with Crippen LogP contribution in [-0.2, 0) is 0 Å². The summed E-state index contributed by atoms with van der Waals surface area (Å²) in [5, 5.41) is 15.6. The van der Waals surface area contributed by atoms with E-state index >= 15 is 0 Å². The zero-order valence-electron chi connectivity index (χ0n) is 23.5. The molecule has 3 aromatic rings. The van der Waals surface area contributed by atoms with Crippen molar-refractivity contribution >= 4 is 29.2 Å². The number of para-hydroxylation sites is 1. The summed E-state index contributed by atoms with van der Waals surface area (Å²) in [4.78, 5) is 46.8. The summed E-state index contributed by atoms with van der Waals surface area (Å²) in [6.07, 6.45) is 2.48. The number of aliphatic hydroxyl groups excluding tert-OH is 1. The Balaban J connectivity index is 1.62. The predicted octanol–water partition coefficient (Wildman–Crippen LogP) is 3.73. The number of aliphatic hydroxyl groups is 1. The fourth-order valence-electron chi connectivity index (χ4n) is 4.50.